The maximum Gasteiger partial charge on any atom is 0.407 e. The lowest BCUT2D eigenvalue weighted by Crippen LogP contribution is -2.40. The Balaban J connectivity index is 1.84. The van der Waals surface area contributed by atoms with E-state index < -0.39 is 58.1 Å². The normalized spacial score (nSPS) is 19.2. The molecule has 7 nitrogen and oxygen atoms in total. The quantitative estimate of drug-likeness (QED) is 0.638. The number of carbonyl (C=O) groups excluding carboxylic acids is 1. The number of nitrogens with zero attached hydrogens (tertiary/aromatic N) is 1. The van der Waals surface area contributed by atoms with E-state index in [1.54, 1.807) is 20.8 Å². The Bertz CT molecular complexity index is 837. The molecule has 2 aliphatic rings. The molecule has 3 N–H and O–H groups in total. The lowest BCUT2D eigenvalue weighted by atomic mass is 10.1. The van der Waals surface area contributed by atoms with Crippen LogP contribution in [0.4, 0.5) is 29.3 Å². The Morgan fingerprint density at radius 1 is 1.07 bits per heavy atom. The molecule has 1 saturated heterocycles. The number of hydrogen-bond donors (Lipinski definition) is 3. The number of ether oxygens (including phenoxy) is 1. The molecule has 1 saturated carbocycles. The maximum atomic E-state index is 15.1. The molecule has 160 valence electrons. The number of carbonyl (C=O) groups is 2. The molecule has 0 unspecified atom stereocenters. The molecule has 1 heterocycles. The highest BCUT2D eigenvalue weighted by Gasteiger charge is 2.36. The fourth-order valence-corrected chi connectivity index (χ4v) is 3.25. The van der Waals surface area contributed by atoms with Gasteiger partial charge in [0.2, 0.25) is 0 Å². The van der Waals surface area contributed by atoms with Crippen molar-refractivity contribution in [2.24, 2.45) is 0 Å². The number of nitrogens with one attached hydrogen (secondary N) is 2. The minimum atomic E-state index is -1.75. The van der Waals surface area contributed by atoms with Crippen LogP contribution < -0.4 is 15.5 Å². The highest BCUT2D eigenvalue weighted by molar-refractivity contribution is 5.96. The smallest absolute Gasteiger partial charge is 0.407 e. The molecule has 10 heteroatoms. The van der Waals surface area contributed by atoms with Gasteiger partial charge in [-0.25, -0.2) is 22.8 Å². The van der Waals surface area contributed by atoms with Crippen molar-refractivity contribution < 1.29 is 32.6 Å². The molecule has 29 heavy (non-hydrogen) atoms. The van der Waals surface area contributed by atoms with E-state index >= 15 is 4.39 Å². The molecular weight excluding hydrogens is 391 g/mol. The van der Waals surface area contributed by atoms with Crippen molar-refractivity contribution in [2.45, 2.75) is 57.7 Å². The molecule has 0 bridgehead atoms. The Morgan fingerprint density at radius 3 is 2.28 bits per heavy atom. The molecule has 0 radical (unpaired) electrons. The Hall–Kier alpha value is -2.65. The van der Waals surface area contributed by atoms with Crippen molar-refractivity contribution in [3.05, 3.63) is 23.0 Å². The Labute approximate surface area is 166 Å². The summed E-state index contributed by atoms with van der Waals surface area (Å²) in [6.45, 7) is 5.31. The summed E-state index contributed by atoms with van der Waals surface area (Å²) in [4.78, 5) is 24.6. The van der Waals surface area contributed by atoms with Gasteiger partial charge in [0, 0.05) is 19.1 Å². The van der Waals surface area contributed by atoms with E-state index in [4.69, 9.17) is 4.74 Å². The third-order valence-electron chi connectivity index (χ3n) is 4.66. The summed E-state index contributed by atoms with van der Waals surface area (Å²) < 4.78 is 49.4. The second-order valence-corrected chi connectivity index (χ2v) is 8.34. The standard InChI is InChI=1S/C19H24F3N3O4/c1-19(2,3)29-18(28)24-10-6-7-25(8-10)16-13(21)12(20)11(17(26)27)15(14(16)22)23-9-4-5-9/h9-10,23H,4-8H2,1-3H3,(H,24,28)(H,26,27)/t10-/m0/s1. The monoisotopic (exact) mass is 415 g/mol. The first-order valence-corrected chi connectivity index (χ1v) is 9.42. The van der Waals surface area contributed by atoms with E-state index in [9.17, 15) is 23.5 Å². The summed E-state index contributed by atoms with van der Waals surface area (Å²) in [6.07, 6.45) is 1.09. The Kier molecular flexibility index (Phi) is 5.55. The predicted molar refractivity (Wildman–Crippen MR) is 99.9 cm³/mol. The Morgan fingerprint density at radius 2 is 1.72 bits per heavy atom. The first kappa shape index (κ1) is 21.1. The second-order valence-electron chi connectivity index (χ2n) is 8.34. The summed E-state index contributed by atoms with van der Waals surface area (Å²) in [6, 6.07) is -0.619. The highest BCUT2D eigenvalue weighted by atomic mass is 19.2. The van der Waals surface area contributed by atoms with Crippen LogP contribution in [0, 0.1) is 17.5 Å². The van der Waals surface area contributed by atoms with Crippen molar-refractivity contribution in [1.29, 1.82) is 0 Å². The van der Waals surface area contributed by atoms with E-state index in [0.717, 1.165) is 0 Å². The fraction of sp³-hybridized carbons (Fsp3) is 0.579. The van der Waals surface area contributed by atoms with Gasteiger partial charge in [-0.05, 0) is 40.0 Å². The third kappa shape index (κ3) is 4.68. The topological polar surface area (TPSA) is 90.9 Å². The molecular formula is C19H24F3N3O4. The molecule has 0 spiro atoms. The number of aromatic carboxylic acids is 1. The largest absolute Gasteiger partial charge is 0.478 e. The van der Waals surface area contributed by atoms with E-state index in [1.807, 2.05) is 0 Å². The molecule has 3 rings (SSSR count). The van der Waals surface area contributed by atoms with Crippen LogP contribution in [-0.4, -0.2) is 47.9 Å². The minimum absolute atomic E-state index is 0.0296. The van der Waals surface area contributed by atoms with Gasteiger partial charge in [0.15, 0.2) is 17.5 Å². The van der Waals surface area contributed by atoms with Crippen LogP contribution >= 0.6 is 0 Å². The van der Waals surface area contributed by atoms with Gasteiger partial charge in [-0.3, -0.25) is 0 Å². The first-order valence-electron chi connectivity index (χ1n) is 9.42. The summed E-state index contributed by atoms with van der Waals surface area (Å²) in [5, 5.41) is 14.5. The number of halogens is 3. The lowest BCUT2D eigenvalue weighted by molar-refractivity contribution is 0.0508. The molecule has 1 aliphatic carbocycles. The van der Waals surface area contributed by atoms with E-state index in [2.05, 4.69) is 10.6 Å². The molecule has 0 aromatic heterocycles. The number of benzene rings is 1. The fourth-order valence-electron chi connectivity index (χ4n) is 3.25. The van der Waals surface area contributed by atoms with Crippen LogP contribution in [0.3, 0.4) is 0 Å². The number of carboxylic acids is 1. The van der Waals surface area contributed by atoms with Crippen LogP contribution in [0.25, 0.3) is 0 Å². The van der Waals surface area contributed by atoms with Crippen molar-refractivity contribution in [1.82, 2.24) is 5.32 Å². The second kappa shape index (κ2) is 7.64. The van der Waals surface area contributed by atoms with Gasteiger partial charge in [-0.1, -0.05) is 0 Å². The zero-order valence-electron chi connectivity index (χ0n) is 16.4. The van der Waals surface area contributed by atoms with Crippen LogP contribution in [-0.2, 0) is 4.74 Å². The number of amides is 1. The maximum absolute atomic E-state index is 15.1. The van der Waals surface area contributed by atoms with Crippen molar-refractivity contribution in [2.75, 3.05) is 23.3 Å². The molecule has 1 aliphatic heterocycles. The molecule has 1 atom stereocenters. The van der Waals surface area contributed by atoms with E-state index in [-0.39, 0.29) is 19.1 Å². The average molecular weight is 415 g/mol. The van der Waals surface area contributed by atoms with Crippen molar-refractivity contribution in [3.63, 3.8) is 0 Å². The zero-order chi connectivity index (χ0) is 21.5. The number of hydrogen-bond acceptors (Lipinski definition) is 5. The summed E-state index contributed by atoms with van der Waals surface area (Å²) >= 11 is 0. The number of alkyl carbamates (subject to hydrolysis) is 1. The zero-order valence-corrected chi connectivity index (χ0v) is 16.4. The van der Waals surface area contributed by atoms with E-state index in [1.165, 1.54) is 4.90 Å². The average Bonchev–Trinajstić information content (AvgIpc) is 3.29. The van der Waals surface area contributed by atoms with Gasteiger partial charge in [0.25, 0.3) is 0 Å². The van der Waals surface area contributed by atoms with E-state index in [0.29, 0.717) is 19.3 Å². The van der Waals surface area contributed by atoms with Crippen molar-refractivity contribution >= 4 is 23.4 Å². The van der Waals surface area contributed by atoms with Gasteiger partial charge >= 0.3 is 12.1 Å². The number of rotatable bonds is 5. The van der Waals surface area contributed by atoms with Crippen LogP contribution in [0.2, 0.25) is 0 Å². The molecule has 2 fully saturated rings. The summed E-state index contributed by atoms with van der Waals surface area (Å²) in [7, 11) is 0. The third-order valence-corrected chi connectivity index (χ3v) is 4.66. The summed E-state index contributed by atoms with van der Waals surface area (Å²) in [5.41, 5.74) is -2.92. The predicted octanol–water partition coefficient (Wildman–Crippen LogP) is 3.48. The van der Waals surface area contributed by atoms with Crippen LogP contribution in [0.5, 0.6) is 0 Å². The number of anilines is 2. The highest BCUT2D eigenvalue weighted by Crippen LogP contribution is 2.38. The van der Waals surface area contributed by atoms with Crippen LogP contribution in [0.1, 0.15) is 50.4 Å². The molecule has 1 aromatic rings. The van der Waals surface area contributed by atoms with Gasteiger partial charge in [0.05, 0.1) is 11.7 Å². The SMILES string of the molecule is CC(C)(C)OC(=O)N[C@H]1CCN(c2c(F)c(F)c(C(=O)O)c(NC3CC3)c2F)C1. The van der Waals surface area contributed by atoms with Gasteiger partial charge < -0.3 is 25.4 Å². The molecule has 1 amide bonds. The number of carboxylic acid groups (broad SMARTS) is 1. The van der Waals surface area contributed by atoms with Crippen molar-refractivity contribution in [3.8, 4) is 0 Å². The van der Waals surface area contributed by atoms with Gasteiger partial charge in [-0.2, -0.15) is 0 Å². The van der Waals surface area contributed by atoms with Gasteiger partial charge in [0.1, 0.15) is 16.9 Å². The van der Waals surface area contributed by atoms with Gasteiger partial charge in [-0.15, -0.1) is 0 Å². The first-order chi connectivity index (χ1) is 13.5. The lowest BCUT2D eigenvalue weighted by Gasteiger charge is -2.24. The minimum Gasteiger partial charge on any atom is -0.478 e. The molecule has 1 aromatic carbocycles. The van der Waals surface area contributed by atoms with Crippen LogP contribution in [0.15, 0.2) is 0 Å². The summed E-state index contributed by atoms with van der Waals surface area (Å²) in [5.74, 6) is -6.06.